The molecule has 0 aromatic carbocycles. The van der Waals surface area contributed by atoms with Gasteiger partial charge in [0.1, 0.15) is 0 Å². The predicted molar refractivity (Wildman–Crippen MR) is 18.4 cm³/mol. The van der Waals surface area contributed by atoms with Crippen molar-refractivity contribution in [2.24, 2.45) is 0 Å². The van der Waals surface area contributed by atoms with E-state index in [2.05, 4.69) is 0 Å². The quantitative estimate of drug-likeness (QED) is 0.205. The molecule has 0 bridgehead atoms. The molecule has 0 rings (SSSR count). The molecular weight excluding hydrogens is 855 g/mol. The Bertz CT molecular complexity index is 392. The maximum Gasteiger partial charge on any atom is 2.00 e. The largest absolute Gasteiger partial charge is 2.00 e. The summed E-state index contributed by atoms with van der Waals surface area (Å²) in [4.78, 5) is 0. The van der Waals surface area contributed by atoms with Crippen LogP contribution in [0.2, 0.25) is 0 Å². The Labute approximate surface area is 250 Å². The first-order valence-electron chi connectivity index (χ1n) is 2.74. The van der Waals surface area contributed by atoms with Gasteiger partial charge in [-0.15, -0.1) is 0 Å². The van der Waals surface area contributed by atoms with Crippen LogP contribution in [0.5, 0.6) is 0 Å². The first-order valence-corrected chi connectivity index (χ1v) is 16.2. The normalized spacial score (nSPS) is 5.43. The van der Waals surface area contributed by atoms with Crippen molar-refractivity contribution in [1.29, 1.82) is 0 Å². The van der Waals surface area contributed by atoms with Crippen LogP contribution in [0.25, 0.3) is 0 Å². The van der Waals surface area contributed by atoms with Crippen molar-refractivity contribution in [2.75, 3.05) is 0 Å². The van der Waals surface area contributed by atoms with E-state index in [0.29, 0.717) is 0 Å². The average Bonchev–Trinajstić information content (AvgIpc) is 1.94. The first-order chi connectivity index (χ1) is 8.66. The van der Waals surface area contributed by atoms with E-state index in [1.165, 1.54) is 0 Å². The Balaban J connectivity index is -0.0000000197. The molecule has 0 N–H and O–H groups in total. The van der Waals surface area contributed by atoms with Gasteiger partial charge in [-0.25, -0.2) is 0 Å². The zero-order valence-electron chi connectivity index (χ0n) is 10.8. The minimum atomic E-state index is -4.20. The van der Waals surface area contributed by atoms with Crippen molar-refractivity contribution in [2.45, 2.75) is 0 Å². The molecule has 0 atom stereocenters. The second-order valence-electron chi connectivity index (χ2n) is 1.12. The molecule has 0 spiro atoms. The number of hydrogen-bond donors (Lipinski definition) is 0. The summed E-state index contributed by atoms with van der Waals surface area (Å²) >= 11 is -21.0. The van der Waals surface area contributed by atoms with Crippen LogP contribution in [-0.4, -0.2) is 83.2 Å². The molecule has 0 fully saturated rings. The summed E-state index contributed by atoms with van der Waals surface area (Å²) in [5, 5.41) is 0. The van der Waals surface area contributed by atoms with Crippen LogP contribution in [0.15, 0.2) is 0 Å². The predicted octanol–water partition coefficient (Wildman–Crippen LogP) is -10.9. The van der Waals surface area contributed by atoms with E-state index in [1.807, 2.05) is 0 Å². The minimum absolute atomic E-state index is 0. The maximum atomic E-state index is 8.60. The molecule has 0 aromatic rings. The van der Waals surface area contributed by atoms with Crippen LogP contribution in [0.4, 0.5) is 0 Å². The standard InChI is InChI=1S/Ca.Na.5Nb.15O.Sr/q+2;+1;;;;;;;;;;;;;;;;5*-1;+2. The van der Waals surface area contributed by atoms with Crippen LogP contribution in [0.1, 0.15) is 0 Å². The van der Waals surface area contributed by atoms with Gasteiger partial charge in [0.25, 0.3) is 0 Å². The average molecular weight is 855 g/mol. The van der Waals surface area contributed by atoms with Gasteiger partial charge in [0.15, 0.2) is 0 Å². The van der Waals surface area contributed by atoms with Crippen molar-refractivity contribution >= 4 is 83.2 Å². The van der Waals surface area contributed by atoms with Gasteiger partial charge in [-0.05, 0) is 0 Å². The fourth-order valence-electron chi connectivity index (χ4n) is 0. The molecule has 120 valence electrons. The van der Waals surface area contributed by atoms with Gasteiger partial charge < -0.3 is 0 Å². The van der Waals surface area contributed by atoms with Gasteiger partial charge in [-0.2, -0.15) is 0 Å². The summed E-state index contributed by atoms with van der Waals surface area (Å²) in [7, 11) is 0. The topological polar surface area (TPSA) is 286 Å². The second kappa shape index (κ2) is 45.8. The first kappa shape index (κ1) is 51.2. The Hall–Kier alpha value is 5.24. The molecule has 0 radical (unpaired) electrons. The summed E-state index contributed by atoms with van der Waals surface area (Å²) in [5.74, 6) is 0. The molecule has 23 heavy (non-hydrogen) atoms. The maximum absolute atomic E-state index is 8.60. The second-order valence-corrected chi connectivity index (χ2v) is 6.61. The van der Waals surface area contributed by atoms with Gasteiger partial charge in [0.2, 0.25) is 0 Å². The zero-order chi connectivity index (χ0) is 17.9. The van der Waals surface area contributed by atoms with E-state index in [0.717, 1.165) is 0 Å². The summed E-state index contributed by atoms with van der Waals surface area (Å²) in [6, 6.07) is 0. The molecule has 0 saturated heterocycles. The molecule has 0 aliphatic heterocycles. The van der Waals surface area contributed by atoms with Crippen LogP contribution >= 0.6 is 0 Å². The Kier molecular flexibility index (Phi) is 102. The zero-order valence-corrected chi connectivity index (χ0v) is 29.5. The SMILES string of the molecule is [Ca+2].[Na+].[O]=[Nb](=[O])[O-].[O]=[Nb](=[O])[O-].[O]=[Nb](=[O])[O-].[O]=[Nb](=[O])[O-].[O]=[Nb](=[O])[O-].[Sr+2]. The summed E-state index contributed by atoms with van der Waals surface area (Å²) in [6.07, 6.45) is 0. The Morgan fingerprint density at radius 1 is 0.391 bits per heavy atom. The molecule has 0 amide bonds. The van der Waals surface area contributed by atoms with Crippen molar-refractivity contribution < 1.29 is 174 Å². The van der Waals surface area contributed by atoms with E-state index in [1.54, 1.807) is 0 Å². The molecule has 0 heterocycles. The molecule has 0 aliphatic carbocycles. The van der Waals surface area contributed by atoms with E-state index in [4.69, 9.17) is 50.6 Å². The van der Waals surface area contributed by atoms with Crippen molar-refractivity contribution in [3.8, 4) is 0 Å². The third-order valence-corrected chi connectivity index (χ3v) is 0. The van der Waals surface area contributed by atoms with Crippen molar-refractivity contribution in [3.63, 3.8) is 0 Å². The van der Waals surface area contributed by atoms with E-state index in [9.17, 15) is 0 Å². The van der Waals surface area contributed by atoms with Gasteiger partial charge >= 0.3 is 257 Å². The fraction of sp³-hybridized carbons (Fsp3) is 0. The molecule has 23 heteroatoms. The van der Waals surface area contributed by atoms with E-state index >= 15 is 0 Å². The van der Waals surface area contributed by atoms with E-state index in [-0.39, 0.29) is 113 Å². The Morgan fingerprint density at radius 3 is 0.391 bits per heavy atom. The van der Waals surface area contributed by atoms with Crippen molar-refractivity contribution in [1.82, 2.24) is 0 Å². The summed E-state index contributed by atoms with van der Waals surface area (Å²) < 4.78 is 129. The third kappa shape index (κ3) is 632. The Morgan fingerprint density at radius 2 is 0.391 bits per heavy atom. The van der Waals surface area contributed by atoms with Crippen molar-refractivity contribution in [3.05, 3.63) is 0 Å². The number of rotatable bonds is 0. The van der Waals surface area contributed by atoms with Crippen LogP contribution in [0.3, 0.4) is 0 Å². The smallest absolute Gasteiger partial charge is 2.00 e. The molecule has 0 unspecified atom stereocenters. The van der Waals surface area contributed by atoms with E-state index < -0.39 is 93.9 Å². The molecule has 15 nitrogen and oxygen atoms in total. The number of hydrogen-bond acceptors (Lipinski definition) is 15. The van der Waals surface area contributed by atoms with Gasteiger partial charge in [0.05, 0.1) is 0 Å². The molecular formula is CaNaNb5O15Sr. The van der Waals surface area contributed by atoms with Crippen LogP contribution in [-0.2, 0) is 126 Å². The minimum Gasteiger partial charge on any atom is 2.00 e. The monoisotopic (exact) mass is 855 g/mol. The van der Waals surface area contributed by atoms with Crippen LogP contribution < -0.4 is 47.6 Å². The third-order valence-electron chi connectivity index (χ3n) is 0. The molecule has 0 aromatic heterocycles. The van der Waals surface area contributed by atoms with Gasteiger partial charge in [-0.1, -0.05) is 0 Å². The fourth-order valence-corrected chi connectivity index (χ4v) is 0. The van der Waals surface area contributed by atoms with Crippen LogP contribution in [0, 0.1) is 0 Å². The summed E-state index contributed by atoms with van der Waals surface area (Å²) in [6.45, 7) is 0. The van der Waals surface area contributed by atoms with Gasteiger partial charge in [0, 0.05) is 0 Å². The summed E-state index contributed by atoms with van der Waals surface area (Å²) in [5.41, 5.74) is 0. The van der Waals surface area contributed by atoms with Gasteiger partial charge in [-0.3, -0.25) is 0 Å². The molecule has 0 saturated carbocycles. The molecule has 0 aliphatic rings.